The highest BCUT2D eigenvalue weighted by Gasteiger charge is 2.14. The van der Waals surface area contributed by atoms with Crippen LogP contribution in [-0.4, -0.2) is 33.1 Å². The lowest BCUT2D eigenvalue weighted by molar-refractivity contribution is 0.123. The fourth-order valence-electron chi connectivity index (χ4n) is 2.74. The van der Waals surface area contributed by atoms with Crippen LogP contribution in [0.2, 0.25) is 0 Å². The molecule has 0 unspecified atom stereocenters. The Kier molecular flexibility index (Phi) is 7.06. The largest absolute Gasteiger partial charge is 0.488 e. The fourth-order valence-corrected chi connectivity index (χ4v) is 3.67. The second-order valence-corrected chi connectivity index (χ2v) is 7.42. The fraction of sp³-hybridized carbons (Fsp3) is 0.333. The van der Waals surface area contributed by atoms with Crippen LogP contribution in [0.5, 0.6) is 5.75 Å². The third-order valence-electron chi connectivity index (χ3n) is 4.23. The molecule has 3 aromatic rings. The number of para-hydroxylation sites is 2. The van der Waals surface area contributed by atoms with Crippen molar-refractivity contribution in [1.29, 1.82) is 0 Å². The Balaban J connectivity index is 1.72. The summed E-state index contributed by atoms with van der Waals surface area (Å²) in [6.07, 6.45) is 1.00. The third kappa shape index (κ3) is 4.91. The number of aliphatic hydroxyl groups is 1. The first-order valence-corrected chi connectivity index (χ1v) is 10.3. The molecule has 0 aliphatic carbocycles. The van der Waals surface area contributed by atoms with E-state index in [1.54, 1.807) is 22.8 Å². The number of nitrogens with zero attached hydrogens (tertiary/aromatic N) is 2. The Bertz CT molecular complexity index is 993. The van der Waals surface area contributed by atoms with Crippen molar-refractivity contribution in [3.63, 3.8) is 0 Å². The van der Waals surface area contributed by atoms with E-state index >= 15 is 0 Å². The molecule has 1 heterocycles. The molecule has 0 aliphatic rings. The van der Waals surface area contributed by atoms with E-state index in [9.17, 15) is 14.3 Å². The van der Waals surface area contributed by atoms with Crippen LogP contribution in [0.15, 0.2) is 58.5 Å². The quantitative estimate of drug-likeness (QED) is 0.435. The number of fused-ring (bicyclic) bond motifs is 1. The molecule has 0 saturated carbocycles. The standard InChI is InChI=1S/C21H23FN2O3S/c1-2-3-12-24-20(26)16-8-4-6-10-18(16)23-21(24)28-14-15(25)13-27-19-11-7-5-9-17(19)22/h4-11,15,25H,2-3,12-14H2,1H3/t15-/m0/s1. The summed E-state index contributed by atoms with van der Waals surface area (Å²) in [6.45, 7) is 2.61. The zero-order valence-electron chi connectivity index (χ0n) is 15.7. The normalized spacial score (nSPS) is 12.2. The van der Waals surface area contributed by atoms with Crippen LogP contribution in [0.25, 0.3) is 10.9 Å². The summed E-state index contributed by atoms with van der Waals surface area (Å²) in [5.74, 6) is -0.0760. The number of hydrogen-bond acceptors (Lipinski definition) is 5. The number of rotatable bonds is 9. The first-order valence-electron chi connectivity index (χ1n) is 9.28. The van der Waals surface area contributed by atoms with E-state index in [0.29, 0.717) is 22.6 Å². The molecular weight excluding hydrogens is 379 g/mol. The molecule has 148 valence electrons. The summed E-state index contributed by atoms with van der Waals surface area (Å²) >= 11 is 1.30. The van der Waals surface area contributed by atoms with Gasteiger partial charge >= 0.3 is 0 Å². The monoisotopic (exact) mass is 402 g/mol. The van der Waals surface area contributed by atoms with Crippen molar-refractivity contribution < 1.29 is 14.2 Å². The topological polar surface area (TPSA) is 64.3 Å². The van der Waals surface area contributed by atoms with Gasteiger partial charge in [0.15, 0.2) is 16.7 Å². The van der Waals surface area contributed by atoms with Crippen molar-refractivity contribution in [2.45, 2.75) is 37.6 Å². The van der Waals surface area contributed by atoms with E-state index < -0.39 is 11.9 Å². The Hall–Kier alpha value is -2.38. The number of benzene rings is 2. The molecule has 0 fully saturated rings. The smallest absolute Gasteiger partial charge is 0.262 e. The van der Waals surface area contributed by atoms with Gasteiger partial charge in [0.25, 0.3) is 5.56 Å². The molecule has 5 nitrogen and oxygen atoms in total. The maximum absolute atomic E-state index is 13.6. The predicted octanol–water partition coefficient (Wildman–Crippen LogP) is 3.87. The Morgan fingerprint density at radius 1 is 1.21 bits per heavy atom. The number of ether oxygens (including phenoxy) is 1. The number of hydrogen-bond donors (Lipinski definition) is 1. The van der Waals surface area contributed by atoms with Crippen LogP contribution in [0.3, 0.4) is 0 Å². The van der Waals surface area contributed by atoms with Crippen LogP contribution < -0.4 is 10.3 Å². The van der Waals surface area contributed by atoms with Crippen molar-refractivity contribution in [2.24, 2.45) is 0 Å². The van der Waals surface area contributed by atoms with Gasteiger partial charge in [-0.15, -0.1) is 0 Å². The molecule has 0 aliphatic heterocycles. The molecule has 3 rings (SSSR count). The van der Waals surface area contributed by atoms with Crippen molar-refractivity contribution in [2.75, 3.05) is 12.4 Å². The summed E-state index contributed by atoms with van der Waals surface area (Å²) in [5.41, 5.74) is 0.568. The third-order valence-corrected chi connectivity index (χ3v) is 5.36. The van der Waals surface area contributed by atoms with Crippen LogP contribution in [0.4, 0.5) is 4.39 Å². The van der Waals surface area contributed by atoms with E-state index in [2.05, 4.69) is 11.9 Å². The lowest BCUT2D eigenvalue weighted by Crippen LogP contribution is -2.25. The lowest BCUT2D eigenvalue weighted by atomic mass is 10.2. The first-order chi connectivity index (χ1) is 13.6. The zero-order valence-corrected chi connectivity index (χ0v) is 16.5. The minimum Gasteiger partial charge on any atom is -0.488 e. The van der Waals surface area contributed by atoms with Gasteiger partial charge in [-0.2, -0.15) is 0 Å². The van der Waals surface area contributed by atoms with Gasteiger partial charge in [0, 0.05) is 12.3 Å². The van der Waals surface area contributed by atoms with Gasteiger partial charge in [0.2, 0.25) is 0 Å². The van der Waals surface area contributed by atoms with Gasteiger partial charge in [-0.25, -0.2) is 9.37 Å². The van der Waals surface area contributed by atoms with Crippen LogP contribution in [0.1, 0.15) is 19.8 Å². The molecule has 0 saturated heterocycles. The van der Waals surface area contributed by atoms with E-state index in [1.165, 1.54) is 23.9 Å². The Morgan fingerprint density at radius 2 is 1.96 bits per heavy atom. The summed E-state index contributed by atoms with van der Waals surface area (Å²) in [7, 11) is 0. The van der Waals surface area contributed by atoms with Gasteiger partial charge in [0.05, 0.1) is 17.0 Å². The molecular formula is C21H23FN2O3S. The number of unbranched alkanes of at least 4 members (excludes halogenated alkanes) is 1. The first kappa shape index (κ1) is 20.4. The van der Waals surface area contributed by atoms with Gasteiger partial charge < -0.3 is 9.84 Å². The minimum absolute atomic E-state index is 0.0410. The number of aromatic nitrogens is 2. The van der Waals surface area contributed by atoms with E-state index in [4.69, 9.17) is 4.74 Å². The number of thioether (sulfide) groups is 1. The molecule has 2 aromatic carbocycles. The highest BCUT2D eigenvalue weighted by molar-refractivity contribution is 7.99. The SMILES string of the molecule is CCCCn1c(SC[C@@H](O)COc2ccccc2F)nc2ccccc2c1=O. The van der Waals surface area contributed by atoms with Crippen molar-refractivity contribution in [3.8, 4) is 5.75 Å². The zero-order chi connectivity index (χ0) is 19.9. The van der Waals surface area contributed by atoms with Crippen LogP contribution >= 0.6 is 11.8 Å². The lowest BCUT2D eigenvalue weighted by Gasteiger charge is -2.15. The molecule has 0 spiro atoms. The Labute approximate surface area is 167 Å². The highest BCUT2D eigenvalue weighted by Crippen LogP contribution is 2.20. The summed E-state index contributed by atoms with van der Waals surface area (Å²) in [5, 5.41) is 11.4. The van der Waals surface area contributed by atoms with Crippen LogP contribution in [-0.2, 0) is 6.54 Å². The average molecular weight is 402 g/mol. The van der Waals surface area contributed by atoms with Gasteiger partial charge in [-0.05, 0) is 30.7 Å². The van der Waals surface area contributed by atoms with Gasteiger partial charge in [0.1, 0.15) is 6.61 Å². The molecule has 0 radical (unpaired) electrons. The molecule has 0 amide bonds. The molecule has 1 atom stereocenters. The summed E-state index contributed by atoms with van der Waals surface area (Å²) in [6, 6.07) is 13.3. The number of halogens is 1. The molecule has 28 heavy (non-hydrogen) atoms. The molecule has 1 N–H and O–H groups in total. The average Bonchev–Trinajstić information content (AvgIpc) is 2.71. The molecule has 1 aromatic heterocycles. The summed E-state index contributed by atoms with van der Waals surface area (Å²) < 4.78 is 20.6. The number of aliphatic hydroxyl groups excluding tert-OH is 1. The summed E-state index contributed by atoms with van der Waals surface area (Å²) in [4.78, 5) is 17.4. The highest BCUT2D eigenvalue weighted by atomic mass is 32.2. The van der Waals surface area contributed by atoms with E-state index in [0.717, 1.165) is 12.8 Å². The van der Waals surface area contributed by atoms with Crippen LogP contribution in [0, 0.1) is 5.82 Å². The van der Waals surface area contributed by atoms with E-state index in [1.807, 2.05) is 18.2 Å². The predicted molar refractivity (Wildman–Crippen MR) is 110 cm³/mol. The Morgan fingerprint density at radius 3 is 2.75 bits per heavy atom. The maximum Gasteiger partial charge on any atom is 0.262 e. The van der Waals surface area contributed by atoms with Crippen molar-refractivity contribution >= 4 is 22.7 Å². The van der Waals surface area contributed by atoms with Crippen molar-refractivity contribution in [1.82, 2.24) is 9.55 Å². The second kappa shape index (κ2) is 9.71. The molecule has 0 bridgehead atoms. The maximum atomic E-state index is 13.6. The van der Waals surface area contributed by atoms with Crippen molar-refractivity contribution in [3.05, 3.63) is 64.7 Å². The minimum atomic E-state index is -0.826. The van der Waals surface area contributed by atoms with Gasteiger partial charge in [-0.1, -0.05) is 49.4 Å². The second-order valence-electron chi connectivity index (χ2n) is 6.43. The molecule has 7 heteroatoms. The van der Waals surface area contributed by atoms with Gasteiger partial charge in [-0.3, -0.25) is 9.36 Å². The van der Waals surface area contributed by atoms with E-state index in [-0.39, 0.29) is 23.7 Å².